The molecule has 6 nitrogen and oxygen atoms in total. The van der Waals surface area contributed by atoms with Gasteiger partial charge in [0, 0.05) is 37.1 Å². The molecule has 7 heteroatoms. The van der Waals surface area contributed by atoms with Gasteiger partial charge in [-0.3, -0.25) is 9.89 Å². The maximum atomic E-state index is 12.1. The summed E-state index contributed by atoms with van der Waals surface area (Å²) in [6.45, 7) is 6.93. The highest BCUT2D eigenvalue weighted by Crippen LogP contribution is 2.24. The summed E-state index contributed by atoms with van der Waals surface area (Å²) in [7, 11) is 0. The zero-order valence-corrected chi connectivity index (χ0v) is 14.4. The van der Waals surface area contributed by atoms with Gasteiger partial charge in [0.15, 0.2) is 5.13 Å². The van der Waals surface area contributed by atoms with Crippen molar-refractivity contribution in [3.05, 3.63) is 28.5 Å². The van der Waals surface area contributed by atoms with Crippen molar-refractivity contribution in [3.63, 3.8) is 0 Å². The predicted octanol–water partition coefficient (Wildman–Crippen LogP) is 2.56. The second-order valence-electron chi connectivity index (χ2n) is 6.18. The second kappa shape index (κ2) is 7.12. The van der Waals surface area contributed by atoms with Gasteiger partial charge in [0.2, 0.25) is 0 Å². The van der Waals surface area contributed by atoms with Crippen LogP contribution < -0.4 is 10.2 Å². The van der Waals surface area contributed by atoms with Crippen LogP contribution >= 0.6 is 11.3 Å². The molecule has 0 atom stereocenters. The summed E-state index contributed by atoms with van der Waals surface area (Å²) in [5.41, 5.74) is 2.47. The molecule has 0 bridgehead atoms. The van der Waals surface area contributed by atoms with E-state index in [1.807, 2.05) is 6.07 Å². The van der Waals surface area contributed by atoms with Crippen LogP contribution in [0.2, 0.25) is 0 Å². The van der Waals surface area contributed by atoms with Crippen LogP contribution in [0.4, 0.5) is 5.13 Å². The van der Waals surface area contributed by atoms with Crippen molar-refractivity contribution in [2.75, 3.05) is 24.5 Å². The normalized spacial score (nSPS) is 14.7. The van der Waals surface area contributed by atoms with Gasteiger partial charge in [0.1, 0.15) is 5.69 Å². The van der Waals surface area contributed by atoms with Crippen molar-refractivity contribution in [1.29, 1.82) is 0 Å². The van der Waals surface area contributed by atoms with Gasteiger partial charge in [-0.15, -0.1) is 11.3 Å². The largest absolute Gasteiger partial charge is 0.350 e. The van der Waals surface area contributed by atoms with Gasteiger partial charge in [0.05, 0.1) is 5.69 Å². The van der Waals surface area contributed by atoms with E-state index in [1.165, 1.54) is 12.8 Å². The zero-order chi connectivity index (χ0) is 16.2. The number of anilines is 1. The minimum Gasteiger partial charge on any atom is -0.350 e. The van der Waals surface area contributed by atoms with Gasteiger partial charge in [-0.1, -0.05) is 13.8 Å². The molecule has 2 aromatic heterocycles. The lowest BCUT2D eigenvalue weighted by atomic mass is 10.1. The first-order chi connectivity index (χ1) is 11.1. The number of hydrogen-bond donors (Lipinski definition) is 2. The summed E-state index contributed by atoms with van der Waals surface area (Å²) in [4.78, 5) is 19.1. The van der Waals surface area contributed by atoms with Crippen LogP contribution in [-0.2, 0) is 6.42 Å². The molecule has 1 amide bonds. The van der Waals surface area contributed by atoms with Gasteiger partial charge in [-0.25, -0.2) is 4.98 Å². The third-order valence-corrected chi connectivity index (χ3v) is 4.99. The maximum absolute atomic E-state index is 12.1. The highest BCUT2D eigenvalue weighted by molar-refractivity contribution is 7.13. The minimum atomic E-state index is -0.136. The predicted molar refractivity (Wildman–Crippen MR) is 92.3 cm³/mol. The average molecular weight is 333 g/mol. The summed E-state index contributed by atoms with van der Waals surface area (Å²) in [5.74, 6) is 0.200. The molecule has 1 saturated heterocycles. The third-order valence-electron chi connectivity index (χ3n) is 4.04. The Kier molecular flexibility index (Phi) is 4.95. The van der Waals surface area contributed by atoms with E-state index < -0.39 is 0 Å². The lowest BCUT2D eigenvalue weighted by molar-refractivity contribution is 0.0949. The van der Waals surface area contributed by atoms with Gasteiger partial charge >= 0.3 is 0 Å². The van der Waals surface area contributed by atoms with Crippen molar-refractivity contribution in [1.82, 2.24) is 20.5 Å². The van der Waals surface area contributed by atoms with Crippen LogP contribution in [-0.4, -0.2) is 40.7 Å². The fourth-order valence-corrected chi connectivity index (χ4v) is 3.52. The van der Waals surface area contributed by atoms with Crippen LogP contribution in [0.5, 0.6) is 0 Å². The number of rotatable bonds is 6. The first-order valence-corrected chi connectivity index (χ1v) is 9.04. The van der Waals surface area contributed by atoms with Crippen molar-refractivity contribution >= 4 is 22.4 Å². The van der Waals surface area contributed by atoms with E-state index in [2.05, 4.69) is 44.6 Å². The molecule has 0 unspecified atom stereocenters. The highest BCUT2D eigenvalue weighted by Gasteiger charge is 2.16. The molecule has 23 heavy (non-hydrogen) atoms. The lowest BCUT2D eigenvalue weighted by Crippen LogP contribution is -2.26. The monoisotopic (exact) mass is 333 g/mol. The molecule has 0 spiro atoms. The Morgan fingerprint density at radius 1 is 1.43 bits per heavy atom. The SMILES string of the molecule is CC(C)c1cc(C(=O)NCCc2csc(N3CCCC3)n2)n[nH]1. The van der Waals surface area contributed by atoms with Gasteiger partial charge in [0.25, 0.3) is 5.91 Å². The number of hydrogen-bond acceptors (Lipinski definition) is 5. The number of nitrogens with one attached hydrogen (secondary N) is 2. The van der Waals surface area contributed by atoms with Crippen LogP contribution in [0.25, 0.3) is 0 Å². The molecular weight excluding hydrogens is 310 g/mol. The van der Waals surface area contributed by atoms with E-state index in [-0.39, 0.29) is 5.91 Å². The quantitative estimate of drug-likeness (QED) is 0.852. The van der Waals surface area contributed by atoms with E-state index in [9.17, 15) is 4.79 Å². The molecule has 0 aromatic carbocycles. The summed E-state index contributed by atoms with van der Waals surface area (Å²) < 4.78 is 0. The molecule has 0 radical (unpaired) electrons. The number of H-pyrrole nitrogens is 1. The van der Waals surface area contributed by atoms with Crippen LogP contribution in [0.3, 0.4) is 0 Å². The molecule has 3 heterocycles. The summed E-state index contributed by atoms with van der Waals surface area (Å²) in [6.07, 6.45) is 3.26. The van der Waals surface area contributed by atoms with Crippen molar-refractivity contribution < 1.29 is 4.79 Å². The van der Waals surface area contributed by atoms with Gasteiger partial charge in [-0.05, 0) is 24.8 Å². The Labute approximate surface area is 140 Å². The number of amides is 1. The lowest BCUT2D eigenvalue weighted by Gasteiger charge is -2.12. The number of aromatic amines is 1. The van der Waals surface area contributed by atoms with Gasteiger partial charge < -0.3 is 10.2 Å². The summed E-state index contributed by atoms with van der Waals surface area (Å²) in [5, 5.41) is 13.1. The number of nitrogens with zero attached hydrogens (tertiary/aromatic N) is 3. The molecule has 0 saturated carbocycles. The minimum absolute atomic E-state index is 0.136. The van der Waals surface area contributed by atoms with Crippen molar-refractivity contribution in [3.8, 4) is 0 Å². The van der Waals surface area contributed by atoms with E-state index in [1.54, 1.807) is 11.3 Å². The smallest absolute Gasteiger partial charge is 0.271 e. The average Bonchev–Trinajstić information content (AvgIpc) is 3.27. The summed E-state index contributed by atoms with van der Waals surface area (Å²) >= 11 is 1.69. The molecule has 1 aliphatic heterocycles. The Balaban J connectivity index is 1.47. The Morgan fingerprint density at radius 3 is 2.91 bits per heavy atom. The molecule has 0 aliphatic carbocycles. The maximum Gasteiger partial charge on any atom is 0.271 e. The molecular formula is C16H23N5OS. The Morgan fingerprint density at radius 2 is 2.22 bits per heavy atom. The molecule has 1 fully saturated rings. The standard InChI is InChI=1S/C16H23N5OS/c1-11(2)13-9-14(20-19-13)15(22)17-6-5-12-10-23-16(18-12)21-7-3-4-8-21/h9-11H,3-8H2,1-2H3,(H,17,22)(H,19,20). The molecule has 1 aliphatic rings. The van der Waals surface area contributed by atoms with Crippen LogP contribution in [0.1, 0.15) is 54.5 Å². The number of thiazole rings is 1. The van der Waals surface area contributed by atoms with Crippen molar-refractivity contribution in [2.45, 2.75) is 39.0 Å². The molecule has 3 rings (SSSR count). The second-order valence-corrected chi connectivity index (χ2v) is 7.02. The number of carbonyl (C=O) groups is 1. The first-order valence-electron chi connectivity index (χ1n) is 8.16. The van der Waals surface area contributed by atoms with Crippen LogP contribution in [0.15, 0.2) is 11.4 Å². The molecule has 2 N–H and O–H groups in total. The van der Waals surface area contributed by atoms with Crippen molar-refractivity contribution in [2.24, 2.45) is 0 Å². The number of carbonyl (C=O) groups excluding carboxylic acids is 1. The summed E-state index contributed by atoms with van der Waals surface area (Å²) in [6, 6.07) is 1.81. The Hall–Kier alpha value is -1.89. The van der Waals surface area contributed by atoms with E-state index in [4.69, 9.17) is 0 Å². The van der Waals surface area contributed by atoms with Crippen LogP contribution in [0, 0.1) is 0 Å². The molecule has 124 valence electrons. The van der Waals surface area contributed by atoms with E-state index in [0.29, 0.717) is 18.2 Å². The fourth-order valence-electron chi connectivity index (χ4n) is 2.61. The van der Waals surface area contributed by atoms with E-state index in [0.717, 1.165) is 36.0 Å². The fraction of sp³-hybridized carbons (Fsp3) is 0.562. The van der Waals surface area contributed by atoms with Gasteiger partial charge in [-0.2, -0.15) is 5.10 Å². The molecule has 2 aromatic rings. The van der Waals surface area contributed by atoms with E-state index >= 15 is 0 Å². The Bertz CT molecular complexity index is 657. The highest BCUT2D eigenvalue weighted by atomic mass is 32.1. The third kappa shape index (κ3) is 3.90. The first kappa shape index (κ1) is 16.0. The zero-order valence-electron chi connectivity index (χ0n) is 13.6. The topological polar surface area (TPSA) is 73.9 Å². The number of aromatic nitrogens is 3.